The fourth-order valence-corrected chi connectivity index (χ4v) is 4.22. The van der Waals surface area contributed by atoms with E-state index in [-0.39, 0.29) is 18.2 Å². The number of aryl methyl sites for hydroxylation is 1. The molecule has 6 nitrogen and oxygen atoms in total. The fourth-order valence-electron chi connectivity index (χ4n) is 4.05. The molecule has 2 aromatic carbocycles. The van der Waals surface area contributed by atoms with Gasteiger partial charge in [0.15, 0.2) is 0 Å². The molecular formula is C20H15ClN4O2. The van der Waals surface area contributed by atoms with Gasteiger partial charge in [-0.25, -0.2) is 4.68 Å². The number of amides is 2. The van der Waals surface area contributed by atoms with Crippen LogP contribution in [0, 0.1) is 6.92 Å². The Morgan fingerprint density at radius 3 is 2.74 bits per heavy atom. The standard InChI is InChI=1S/C20H15ClN4O2/c1-11-4-2-3-5-16(11)25-18-14(10-22-25)20(9-17(26)24-18)13-8-12(21)6-7-15(13)23-19(20)27/h2-8,10H,9H2,1H3,(H,23,27)(H,24,26)/t20-/m0/s1. The number of nitrogens with one attached hydrogen (secondary N) is 2. The third-order valence-corrected chi connectivity index (χ3v) is 5.57. The summed E-state index contributed by atoms with van der Waals surface area (Å²) >= 11 is 6.20. The third kappa shape index (κ3) is 2.10. The summed E-state index contributed by atoms with van der Waals surface area (Å²) < 4.78 is 1.68. The Bertz CT molecular complexity index is 1140. The molecule has 134 valence electrons. The summed E-state index contributed by atoms with van der Waals surface area (Å²) in [5.41, 5.74) is 2.79. The molecule has 0 aliphatic carbocycles. The average molecular weight is 379 g/mol. The first-order valence-electron chi connectivity index (χ1n) is 8.56. The number of para-hydroxylation sites is 1. The van der Waals surface area contributed by atoms with Crippen molar-refractivity contribution in [2.24, 2.45) is 0 Å². The predicted molar refractivity (Wildman–Crippen MR) is 102 cm³/mol. The van der Waals surface area contributed by atoms with Gasteiger partial charge < -0.3 is 10.6 Å². The largest absolute Gasteiger partial charge is 0.325 e. The molecule has 3 aromatic rings. The minimum atomic E-state index is -1.13. The highest BCUT2D eigenvalue weighted by Crippen LogP contribution is 2.50. The van der Waals surface area contributed by atoms with Crippen LogP contribution in [0.25, 0.3) is 5.69 Å². The molecule has 0 fully saturated rings. The molecule has 0 radical (unpaired) electrons. The van der Waals surface area contributed by atoms with Gasteiger partial charge in [-0.05, 0) is 42.3 Å². The zero-order chi connectivity index (χ0) is 18.8. The lowest BCUT2D eigenvalue weighted by Gasteiger charge is -2.31. The van der Waals surface area contributed by atoms with Gasteiger partial charge in [-0.2, -0.15) is 5.10 Å². The maximum absolute atomic E-state index is 13.1. The van der Waals surface area contributed by atoms with Crippen molar-refractivity contribution >= 4 is 34.9 Å². The molecule has 0 saturated carbocycles. The van der Waals surface area contributed by atoms with Crippen LogP contribution in [-0.4, -0.2) is 21.6 Å². The third-order valence-electron chi connectivity index (χ3n) is 5.33. The molecule has 5 rings (SSSR count). The van der Waals surface area contributed by atoms with Crippen molar-refractivity contribution in [3.05, 3.63) is 70.4 Å². The number of carbonyl (C=O) groups excluding carboxylic acids is 2. The topological polar surface area (TPSA) is 76.0 Å². The summed E-state index contributed by atoms with van der Waals surface area (Å²) in [6.07, 6.45) is 1.68. The Kier molecular flexibility index (Phi) is 3.24. The van der Waals surface area contributed by atoms with Crippen LogP contribution in [-0.2, 0) is 15.0 Å². The number of hydrogen-bond acceptors (Lipinski definition) is 3. The minimum Gasteiger partial charge on any atom is -0.325 e. The first kappa shape index (κ1) is 16.1. The Hall–Kier alpha value is -3.12. The van der Waals surface area contributed by atoms with Gasteiger partial charge in [0, 0.05) is 22.7 Å². The average Bonchev–Trinajstić information content (AvgIpc) is 3.16. The summed E-state index contributed by atoms with van der Waals surface area (Å²) in [5.74, 6) is 0.0459. The first-order valence-corrected chi connectivity index (χ1v) is 8.94. The van der Waals surface area contributed by atoms with E-state index in [1.807, 2.05) is 31.2 Å². The molecule has 1 spiro atoms. The molecule has 7 heteroatoms. The van der Waals surface area contributed by atoms with E-state index >= 15 is 0 Å². The van der Waals surface area contributed by atoms with Crippen molar-refractivity contribution in [3.8, 4) is 5.69 Å². The molecule has 2 N–H and O–H groups in total. The molecule has 3 heterocycles. The van der Waals surface area contributed by atoms with Crippen LogP contribution in [0.2, 0.25) is 5.02 Å². The van der Waals surface area contributed by atoms with Crippen LogP contribution in [0.5, 0.6) is 0 Å². The van der Waals surface area contributed by atoms with Crippen LogP contribution >= 0.6 is 11.6 Å². The molecule has 2 aliphatic rings. The van der Waals surface area contributed by atoms with E-state index in [1.165, 1.54) is 0 Å². The van der Waals surface area contributed by atoms with E-state index in [4.69, 9.17) is 11.6 Å². The minimum absolute atomic E-state index is 0.0125. The molecule has 2 aliphatic heterocycles. The maximum atomic E-state index is 13.1. The van der Waals surface area contributed by atoms with E-state index in [0.29, 0.717) is 27.7 Å². The van der Waals surface area contributed by atoms with Crippen LogP contribution < -0.4 is 10.6 Å². The number of hydrogen-bond donors (Lipinski definition) is 2. The van der Waals surface area contributed by atoms with E-state index in [1.54, 1.807) is 29.1 Å². The first-order chi connectivity index (χ1) is 13.0. The van der Waals surface area contributed by atoms with Gasteiger partial charge in [-0.15, -0.1) is 0 Å². The second-order valence-corrected chi connectivity index (χ2v) is 7.32. The quantitative estimate of drug-likeness (QED) is 0.681. The van der Waals surface area contributed by atoms with E-state index in [2.05, 4.69) is 15.7 Å². The Balaban J connectivity index is 1.79. The highest BCUT2D eigenvalue weighted by molar-refractivity contribution is 6.31. The normalized spacial score (nSPS) is 20.2. The van der Waals surface area contributed by atoms with E-state index < -0.39 is 5.41 Å². The van der Waals surface area contributed by atoms with Crippen molar-refractivity contribution < 1.29 is 9.59 Å². The summed E-state index contributed by atoms with van der Waals surface area (Å²) in [6.45, 7) is 1.97. The number of halogens is 1. The summed E-state index contributed by atoms with van der Waals surface area (Å²) in [7, 11) is 0. The molecule has 2 amide bonds. The molecule has 1 aromatic heterocycles. The lowest BCUT2D eigenvalue weighted by molar-refractivity contribution is -0.125. The van der Waals surface area contributed by atoms with Crippen LogP contribution in [0.4, 0.5) is 11.5 Å². The second-order valence-electron chi connectivity index (χ2n) is 6.88. The number of anilines is 2. The molecule has 0 unspecified atom stereocenters. The van der Waals surface area contributed by atoms with Gasteiger partial charge in [0.2, 0.25) is 11.8 Å². The monoisotopic (exact) mass is 378 g/mol. The Morgan fingerprint density at radius 2 is 1.93 bits per heavy atom. The Morgan fingerprint density at radius 1 is 1.11 bits per heavy atom. The lowest BCUT2D eigenvalue weighted by atomic mass is 9.72. The smallest absolute Gasteiger partial charge is 0.240 e. The van der Waals surface area contributed by atoms with E-state index in [9.17, 15) is 9.59 Å². The molecular weight excluding hydrogens is 364 g/mol. The van der Waals surface area contributed by atoms with Gasteiger partial charge in [0.25, 0.3) is 0 Å². The summed E-state index contributed by atoms with van der Waals surface area (Å²) in [5, 5.41) is 10.8. The lowest BCUT2D eigenvalue weighted by Crippen LogP contribution is -2.43. The van der Waals surface area contributed by atoms with Crippen molar-refractivity contribution in [3.63, 3.8) is 0 Å². The second kappa shape index (κ2) is 5.44. The SMILES string of the molecule is Cc1ccccc1-n1ncc2c1NC(=O)C[C@@]21C(=O)Nc2ccc(Cl)cc21. The molecule has 1 atom stereocenters. The summed E-state index contributed by atoms with van der Waals surface area (Å²) in [6, 6.07) is 13.0. The fraction of sp³-hybridized carbons (Fsp3) is 0.150. The maximum Gasteiger partial charge on any atom is 0.240 e. The van der Waals surface area contributed by atoms with Gasteiger partial charge in [-0.1, -0.05) is 29.8 Å². The summed E-state index contributed by atoms with van der Waals surface area (Å²) in [4.78, 5) is 25.7. The number of benzene rings is 2. The zero-order valence-corrected chi connectivity index (χ0v) is 15.2. The van der Waals surface area contributed by atoms with Crippen molar-refractivity contribution in [2.45, 2.75) is 18.8 Å². The molecule has 0 bridgehead atoms. The highest BCUT2D eigenvalue weighted by atomic mass is 35.5. The predicted octanol–water partition coefficient (Wildman–Crippen LogP) is 3.41. The van der Waals surface area contributed by atoms with Crippen molar-refractivity contribution in [1.82, 2.24) is 9.78 Å². The van der Waals surface area contributed by atoms with Crippen LogP contribution in [0.3, 0.4) is 0 Å². The number of fused-ring (bicyclic) bond motifs is 4. The van der Waals surface area contributed by atoms with Gasteiger partial charge >= 0.3 is 0 Å². The van der Waals surface area contributed by atoms with Crippen molar-refractivity contribution in [2.75, 3.05) is 10.6 Å². The molecule has 0 saturated heterocycles. The number of aromatic nitrogens is 2. The number of rotatable bonds is 1. The number of carbonyl (C=O) groups is 2. The van der Waals surface area contributed by atoms with Gasteiger partial charge in [-0.3, -0.25) is 9.59 Å². The van der Waals surface area contributed by atoms with Gasteiger partial charge in [0.1, 0.15) is 11.2 Å². The number of nitrogens with zero attached hydrogens (tertiary/aromatic N) is 2. The Labute approximate surface area is 160 Å². The van der Waals surface area contributed by atoms with Crippen LogP contribution in [0.15, 0.2) is 48.7 Å². The zero-order valence-electron chi connectivity index (χ0n) is 14.4. The molecule has 27 heavy (non-hydrogen) atoms. The van der Waals surface area contributed by atoms with E-state index in [0.717, 1.165) is 11.3 Å². The van der Waals surface area contributed by atoms with Gasteiger partial charge in [0.05, 0.1) is 11.9 Å². The van der Waals surface area contributed by atoms with Crippen LogP contribution in [0.1, 0.15) is 23.1 Å². The van der Waals surface area contributed by atoms with Crippen molar-refractivity contribution in [1.29, 1.82) is 0 Å². The highest BCUT2D eigenvalue weighted by Gasteiger charge is 2.54.